The lowest BCUT2D eigenvalue weighted by Crippen LogP contribution is -2.14. The van der Waals surface area contributed by atoms with Crippen LogP contribution in [0, 0.1) is 0 Å². The number of nitrogens with zero attached hydrogens (tertiary/aromatic N) is 2. The summed E-state index contributed by atoms with van der Waals surface area (Å²) in [5.74, 6) is 0.880. The fourth-order valence-electron chi connectivity index (χ4n) is 1.95. The first-order valence-corrected chi connectivity index (χ1v) is 7.02. The molecule has 2 rings (SSSR count). The molecule has 0 aliphatic carbocycles. The second kappa shape index (κ2) is 6.09. The Morgan fingerprint density at radius 3 is 2.80 bits per heavy atom. The Morgan fingerprint density at radius 1 is 1.45 bits per heavy atom. The third-order valence-corrected chi connectivity index (χ3v) is 3.48. The van der Waals surface area contributed by atoms with Crippen LogP contribution in [0.5, 0.6) is 5.88 Å². The zero-order valence-electron chi connectivity index (χ0n) is 11.6. The number of hydrogen-bond donors (Lipinski definition) is 1. The summed E-state index contributed by atoms with van der Waals surface area (Å²) in [6.45, 7) is 2.02. The molecule has 20 heavy (non-hydrogen) atoms. The van der Waals surface area contributed by atoms with Crippen molar-refractivity contribution in [3.05, 3.63) is 39.9 Å². The molecule has 0 saturated heterocycles. The van der Waals surface area contributed by atoms with Crippen molar-refractivity contribution in [1.82, 2.24) is 9.78 Å². The summed E-state index contributed by atoms with van der Waals surface area (Å²) in [6, 6.07) is 7.37. The minimum absolute atomic E-state index is 0.177. The van der Waals surface area contributed by atoms with Crippen molar-refractivity contribution in [2.24, 2.45) is 7.05 Å². The van der Waals surface area contributed by atoms with E-state index in [0.717, 1.165) is 16.5 Å². The molecule has 0 unspecified atom stereocenters. The predicted octanol–water partition coefficient (Wildman–Crippen LogP) is 3.01. The zero-order chi connectivity index (χ0) is 14.7. The molecule has 1 aromatic heterocycles. The van der Waals surface area contributed by atoms with Gasteiger partial charge < -0.3 is 10.1 Å². The van der Waals surface area contributed by atoms with E-state index in [9.17, 15) is 4.79 Å². The molecule has 0 aliphatic rings. The molecule has 6 heteroatoms. The van der Waals surface area contributed by atoms with E-state index < -0.39 is 0 Å². The van der Waals surface area contributed by atoms with Gasteiger partial charge in [0, 0.05) is 23.2 Å². The summed E-state index contributed by atoms with van der Waals surface area (Å²) in [6.07, 6.45) is 0.793. The first kappa shape index (κ1) is 14.6. The number of methoxy groups -OCH3 is 1. The SMILES string of the molecule is CCc1ccc(Br)cc1C(=O)Nc1cc(OC)n(C)n1. The maximum atomic E-state index is 12.3. The molecule has 0 bridgehead atoms. The number of hydrogen-bond acceptors (Lipinski definition) is 3. The number of halogens is 1. The lowest BCUT2D eigenvalue weighted by Gasteiger charge is -2.07. The van der Waals surface area contributed by atoms with E-state index in [-0.39, 0.29) is 5.91 Å². The fourth-order valence-corrected chi connectivity index (χ4v) is 2.32. The van der Waals surface area contributed by atoms with Crippen molar-refractivity contribution in [2.45, 2.75) is 13.3 Å². The van der Waals surface area contributed by atoms with Crippen LogP contribution in [0.4, 0.5) is 5.82 Å². The maximum absolute atomic E-state index is 12.3. The first-order valence-electron chi connectivity index (χ1n) is 6.23. The molecular formula is C14H16BrN3O2. The number of benzene rings is 1. The van der Waals surface area contributed by atoms with Gasteiger partial charge in [-0.25, -0.2) is 4.68 Å². The molecule has 0 saturated carbocycles. The van der Waals surface area contributed by atoms with Crippen LogP contribution in [0.15, 0.2) is 28.7 Å². The Kier molecular flexibility index (Phi) is 4.44. The molecule has 1 heterocycles. The second-order valence-corrected chi connectivity index (χ2v) is 5.22. The van der Waals surface area contributed by atoms with Crippen LogP contribution < -0.4 is 10.1 Å². The van der Waals surface area contributed by atoms with Crippen molar-refractivity contribution in [2.75, 3.05) is 12.4 Å². The summed E-state index contributed by atoms with van der Waals surface area (Å²) in [4.78, 5) is 12.3. The smallest absolute Gasteiger partial charge is 0.257 e. The highest BCUT2D eigenvalue weighted by molar-refractivity contribution is 9.10. The predicted molar refractivity (Wildman–Crippen MR) is 81.2 cm³/mol. The monoisotopic (exact) mass is 337 g/mol. The van der Waals surface area contributed by atoms with Gasteiger partial charge >= 0.3 is 0 Å². The summed E-state index contributed by atoms with van der Waals surface area (Å²) < 4.78 is 7.56. The Bertz CT molecular complexity index is 637. The lowest BCUT2D eigenvalue weighted by atomic mass is 10.0. The number of aryl methyl sites for hydroxylation is 2. The third-order valence-electron chi connectivity index (χ3n) is 2.99. The van der Waals surface area contributed by atoms with Gasteiger partial charge in [0.25, 0.3) is 5.91 Å². The summed E-state index contributed by atoms with van der Waals surface area (Å²) in [5.41, 5.74) is 1.64. The standard InChI is InChI=1S/C14H16BrN3O2/c1-4-9-5-6-10(15)7-11(9)14(19)16-12-8-13(20-3)18(2)17-12/h5-8H,4H2,1-3H3,(H,16,17,19). The van der Waals surface area contributed by atoms with Gasteiger partial charge in [-0.15, -0.1) is 0 Å². The Labute approximate surface area is 126 Å². The van der Waals surface area contributed by atoms with Crippen molar-refractivity contribution in [3.63, 3.8) is 0 Å². The molecule has 0 atom stereocenters. The van der Waals surface area contributed by atoms with Crippen LogP contribution >= 0.6 is 15.9 Å². The zero-order valence-corrected chi connectivity index (χ0v) is 13.2. The molecule has 1 aromatic carbocycles. The highest BCUT2D eigenvalue weighted by atomic mass is 79.9. The number of carbonyl (C=O) groups excluding carboxylic acids is 1. The van der Waals surface area contributed by atoms with E-state index in [2.05, 4.69) is 26.3 Å². The summed E-state index contributed by atoms with van der Waals surface area (Å²) >= 11 is 3.39. The minimum Gasteiger partial charge on any atom is -0.481 e. The van der Waals surface area contributed by atoms with Crippen LogP contribution in [0.1, 0.15) is 22.8 Å². The highest BCUT2D eigenvalue weighted by Crippen LogP contribution is 2.20. The normalized spacial score (nSPS) is 10.4. The third kappa shape index (κ3) is 3.01. The number of anilines is 1. The molecule has 2 aromatic rings. The van der Waals surface area contributed by atoms with E-state index >= 15 is 0 Å². The summed E-state index contributed by atoms with van der Waals surface area (Å²) in [7, 11) is 3.32. The van der Waals surface area contributed by atoms with Gasteiger partial charge in [0.1, 0.15) is 0 Å². The Hall–Kier alpha value is -1.82. The average Bonchev–Trinajstić information content (AvgIpc) is 2.78. The Balaban J connectivity index is 2.25. The van der Waals surface area contributed by atoms with E-state index in [1.807, 2.05) is 25.1 Å². The number of amides is 1. The van der Waals surface area contributed by atoms with Gasteiger partial charge in [0.2, 0.25) is 5.88 Å². The highest BCUT2D eigenvalue weighted by Gasteiger charge is 2.14. The van der Waals surface area contributed by atoms with Crippen molar-refractivity contribution in [3.8, 4) is 5.88 Å². The van der Waals surface area contributed by atoms with E-state index in [0.29, 0.717) is 17.3 Å². The molecule has 1 amide bonds. The van der Waals surface area contributed by atoms with Crippen LogP contribution in [0.3, 0.4) is 0 Å². The maximum Gasteiger partial charge on any atom is 0.257 e. The van der Waals surface area contributed by atoms with Crippen LogP contribution in [0.25, 0.3) is 0 Å². The van der Waals surface area contributed by atoms with E-state index in [4.69, 9.17) is 4.74 Å². The van der Waals surface area contributed by atoms with Gasteiger partial charge in [-0.05, 0) is 24.1 Å². The van der Waals surface area contributed by atoms with Gasteiger partial charge in [-0.1, -0.05) is 28.9 Å². The molecule has 0 spiro atoms. The average molecular weight is 338 g/mol. The molecule has 1 N–H and O–H groups in total. The van der Waals surface area contributed by atoms with Crippen molar-refractivity contribution in [1.29, 1.82) is 0 Å². The molecule has 106 valence electrons. The molecular weight excluding hydrogens is 322 g/mol. The van der Waals surface area contributed by atoms with Crippen LogP contribution in [0.2, 0.25) is 0 Å². The lowest BCUT2D eigenvalue weighted by molar-refractivity contribution is 0.102. The quantitative estimate of drug-likeness (QED) is 0.932. The Morgan fingerprint density at radius 2 is 2.20 bits per heavy atom. The number of carbonyl (C=O) groups is 1. The summed E-state index contributed by atoms with van der Waals surface area (Å²) in [5, 5.41) is 6.96. The number of rotatable bonds is 4. The fraction of sp³-hybridized carbons (Fsp3) is 0.286. The van der Waals surface area contributed by atoms with Gasteiger partial charge in [0.05, 0.1) is 7.11 Å². The van der Waals surface area contributed by atoms with Crippen molar-refractivity contribution >= 4 is 27.7 Å². The van der Waals surface area contributed by atoms with Crippen LogP contribution in [-0.2, 0) is 13.5 Å². The van der Waals surface area contributed by atoms with Gasteiger partial charge in [-0.3, -0.25) is 4.79 Å². The largest absolute Gasteiger partial charge is 0.481 e. The van der Waals surface area contributed by atoms with Gasteiger partial charge in [-0.2, -0.15) is 5.10 Å². The van der Waals surface area contributed by atoms with E-state index in [1.165, 1.54) is 0 Å². The molecule has 0 radical (unpaired) electrons. The second-order valence-electron chi connectivity index (χ2n) is 4.30. The van der Waals surface area contributed by atoms with Crippen LogP contribution in [-0.4, -0.2) is 22.8 Å². The van der Waals surface area contributed by atoms with E-state index in [1.54, 1.807) is 24.9 Å². The molecule has 5 nitrogen and oxygen atoms in total. The molecule has 0 fully saturated rings. The number of ether oxygens (including phenoxy) is 1. The number of aromatic nitrogens is 2. The molecule has 0 aliphatic heterocycles. The first-order chi connectivity index (χ1) is 9.55. The van der Waals surface area contributed by atoms with Crippen molar-refractivity contribution < 1.29 is 9.53 Å². The minimum atomic E-state index is -0.177. The topological polar surface area (TPSA) is 56.1 Å². The van der Waals surface area contributed by atoms with Gasteiger partial charge in [0.15, 0.2) is 5.82 Å². The number of nitrogens with one attached hydrogen (secondary N) is 1.